The molecule has 1 aromatic rings. The molecule has 0 amide bonds. The van der Waals surface area contributed by atoms with E-state index in [9.17, 15) is 0 Å². The van der Waals surface area contributed by atoms with Gasteiger partial charge in [-0.2, -0.15) is 0 Å². The molecule has 0 saturated carbocycles. The van der Waals surface area contributed by atoms with Gasteiger partial charge in [0, 0.05) is 17.0 Å². The van der Waals surface area contributed by atoms with Gasteiger partial charge in [0.2, 0.25) is 5.39 Å². The molecule has 0 N–H and O–H groups in total. The summed E-state index contributed by atoms with van der Waals surface area (Å²) in [7, 11) is 0. The largest absolute Gasteiger partial charge is 0.386 e. The van der Waals surface area contributed by atoms with Crippen molar-refractivity contribution in [2.75, 3.05) is 6.26 Å². The molecule has 0 aliphatic rings. The van der Waals surface area contributed by atoms with Crippen molar-refractivity contribution < 1.29 is 0 Å². The molecule has 0 aliphatic carbocycles. The van der Waals surface area contributed by atoms with E-state index in [1.54, 1.807) is 17.8 Å². The maximum atomic E-state index is 8.37. The molecule has 0 atom stereocenters. The van der Waals surface area contributed by atoms with Crippen LogP contribution in [0.25, 0.3) is 4.98 Å². The van der Waals surface area contributed by atoms with Crippen LogP contribution in [0.15, 0.2) is 29.2 Å². The molecule has 0 unspecified atom stereocenters. The smallest absolute Gasteiger partial charge is 0.129 e. The fourth-order valence-electron chi connectivity index (χ4n) is 0.673. The quantitative estimate of drug-likeness (QED) is 0.456. The van der Waals surface area contributed by atoms with Gasteiger partial charge in [-0.15, -0.1) is 11.8 Å². The summed E-state index contributed by atoms with van der Waals surface area (Å²) in [6.07, 6.45) is 1.98. The van der Waals surface area contributed by atoms with Gasteiger partial charge in [0.15, 0.2) is 4.98 Å². The van der Waals surface area contributed by atoms with E-state index < -0.39 is 0 Å². The Hall–Kier alpha value is -1.01. The Labute approximate surface area is 63.9 Å². The number of nitrogens with zero attached hydrogens (tertiary/aromatic N) is 2. The Morgan fingerprint density at radius 3 is 2.90 bits per heavy atom. The van der Waals surface area contributed by atoms with Crippen LogP contribution in [0.5, 0.6) is 0 Å². The van der Waals surface area contributed by atoms with Crippen molar-refractivity contribution in [3.8, 4) is 0 Å². The normalized spacial score (nSPS) is 8.80. The van der Waals surface area contributed by atoms with Crippen molar-refractivity contribution in [1.82, 2.24) is 0 Å². The van der Waals surface area contributed by atoms with E-state index >= 15 is 0 Å². The lowest BCUT2D eigenvalue weighted by molar-refractivity contribution is 1.42. The van der Waals surface area contributed by atoms with Gasteiger partial charge >= 0.3 is 5.69 Å². The highest BCUT2D eigenvalue weighted by Crippen LogP contribution is 2.20. The molecule has 0 spiro atoms. The van der Waals surface area contributed by atoms with Gasteiger partial charge in [-0.25, -0.2) is 0 Å². The Balaban J connectivity index is 3.01. The van der Waals surface area contributed by atoms with Crippen molar-refractivity contribution in [3.05, 3.63) is 29.2 Å². The maximum Gasteiger partial charge on any atom is 0.386 e. The number of diazo groups is 1. The van der Waals surface area contributed by atoms with Crippen molar-refractivity contribution in [2.24, 2.45) is 0 Å². The zero-order valence-electron chi connectivity index (χ0n) is 5.61. The third-order valence-electron chi connectivity index (χ3n) is 1.17. The zero-order valence-corrected chi connectivity index (χ0v) is 6.43. The number of rotatable bonds is 1. The minimum Gasteiger partial charge on any atom is -0.129 e. The minimum absolute atomic E-state index is 0.604. The second-order valence-corrected chi connectivity index (χ2v) is 2.68. The van der Waals surface area contributed by atoms with Gasteiger partial charge < -0.3 is 0 Å². The van der Waals surface area contributed by atoms with E-state index in [1.807, 2.05) is 24.5 Å². The molecular weight excluding hydrogens is 144 g/mol. The SMILES string of the molecule is CSc1cccc([N+]#N)c1. The Morgan fingerprint density at radius 2 is 2.30 bits per heavy atom. The molecule has 3 heteroatoms. The van der Waals surface area contributed by atoms with Gasteiger partial charge in [-0.1, -0.05) is 6.07 Å². The third-order valence-corrected chi connectivity index (χ3v) is 1.89. The lowest BCUT2D eigenvalue weighted by Gasteiger charge is -1.87. The van der Waals surface area contributed by atoms with E-state index in [4.69, 9.17) is 5.39 Å². The van der Waals surface area contributed by atoms with Gasteiger partial charge in [0.05, 0.1) is 0 Å². The van der Waals surface area contributed by atoms with Gasteiger partial charge in [0.25, 0.3) is 0 Å². The fourth-order valence-corrected chi connectivity index (χ4v) is 1.13. The molecular formula is C7H7N2S+. The average Bonchev–Trinajstić information content (AvgIpc) is 2.05. The van der Waals surface area contributed by atoms with Crippen LogP contribution in [-0.4, -0.2) is 6.26 Å². The van der Waals surface area contributed by atoms with E-state index in [-0.39, 0.29) is 0 Å². The van der Waals surface area contributed by atoms with Crippen molar-refractivity contribution in [1.29, 1.82) is 5.39 Å². The molecule has 1 aromatic carbocycles. The molecule has 0 fully saturated rings. The molecule has 1 rings (SSSR count). The van der Waals surface area contributed by atoms with Crippen LogP contribution in [0.3, 0.4) is 0 Å². The lowest BCUT2D eigenvalue weighted by Crippen LogP contribution is -1.65. The number of thioether (sulfide) groups is 1. The minimum atomic E-state index is 0.604. The van der Waals surface area contributed by atoms with Crippen LogP contribution in [0.2, 0.25) is 0 Å². The maximum absolute atomic E-state index is 8.37. The molecule has 2 nitrogen and oxygen atoms in total. The summed E-state index contributed by atoms with van der Waals surface area (Å²) in [4.78, 5) is 4.17. The molecule has 10 heavy (non-hydrogen) atoms. The predicted octanol–water partition coefficient (Wildman–Crippen LogP) is 2.89. The Bertz CT molecular complexity index is 265. The number of hydrogen-bond donors (Lipinski definition) is 0. The molecule has 0 heterocycles. The second-order valence-electron chi connectivity index (χ2n) is 1.80. The summed E-state index contributed by atoms with van der Waals surface area (Å²) < 4.78 is 0. The first-order valence-corrected chi connectivity index (χ1v) is 4.08. The molecule has 50 valence electrons. The molecule has 0 aliphatic heterocycles. The first kappa shape index (κ1) is 7.10. The summed E-state index contributed by atoms with van der Waals surface area (Å²) in [5.41, 5.74) is 0.604. The fraction of sp³-hybridized carbons (Fsp3) is 0.143. The third kappa shape index (κ3) is 1.49. The monoisotopic (exact) mass is 151 g/mol. The molecule has 0 bridgehead atoms. The highest BCUT2D eigenvalue weighted by atomic mass is 32.2. The van der Waals surface area contributed by atoms with E-state index in [2.05, 4.69) is 4.98 Å². The van der Waals surface area contributed by atoms with Crippen molar-refractivity contribution in [3.63, 3.8) is 0 Å². The van der Waals surface area contributed by atoms with Crippen LogP contribution in [0, 0.1) is 5.39 Å². The van der Waals surface area contributed by atoms with Gasteiger partial charge in [0.1, 0.15) is 0 Å². The van der Waals surface area contributed by atoms with Crippen LogP contribution in [0.4, 0.5) is 5.69 Å². The van der Waals surface area contributed by atoms with Crippen LogP contribution in [0.1, 0.15) is 0 Å². The van der Waals surface area contributed by atoms with E-state index in [0.29, 0.717) is 5.69 Å². The van der Waals surface area contributed by atoms with Gasteiger partial charge in [-0.3, -0.25) is 0 Å². The lowest BCUT2D eigenvalue weighted by atomic mass is 10.3. The summed E-state index contributed by atoms with van der Waals surface area (Å²) in [5, 5.41) is 8.37. The number of hydrogen-bond acceptors (Lipinski definition) is 2. The molecule has 0 aromatic heterocycles. The summed E-state index contributed by atoms with van der Waals surface area (Å²) in [5.74, 6) is 0. The highest BCUT2D eigenvalue weighted by molar-refractivity contribution is 7.98. The van der Waals surface area contributed by atoms with Gasteiger partial charge in [-0.05, 0) is 12.3 Å². The van der Waals surface area contributed by atoms with E-state index in [0.717, 1.165) is 4.90 Å². The second kappa shape index (κ2) is 3.23. The summed E-state index contributed by atoms with van der Waals surface area (Å²) >= 11 is 1.63. The topological polar surface area (TPSA) is 28.1 Å². The average molecular weight is 151 g/mol. The van der Waals surface area contributed by atoms with Crippen molar-refractivity contribution >= 4 is 17.4 Å². The number of benzene rings is 1. The molecule has 0 saturated heterocycles. The first-order valence-electron chi connectivity index (χ1n) is 2.86. The Morgan fingerprint density at radius 1 is 1.50 bits per heavy atom. The standard InChI is InChI=1S/C7H7N2S/c1-10-7-4-2-3-6(5-7)9-8/h2-5H,1H3/q+1. The molecule has 0 radical (unpaired) electrons. The highest BCUT2D eigenvalue weighted by Gasteiger charge is 2.02. The summed E-state index contributed by atoms with van der Waals surface area (Å²) in [6.45, 7) is 0. The summed E-state index contributed by atoms with van der Waals surface area (Å²) in [6, 6.07) is 7.41. The zero-order chi connectivity index (χ0) is 7.40. The first-order chi connectivity index (χ1) is 4.86. The van der Waals surface area contributed by atoms with Crippen LogP contribution < -0.4 is 0 Å². The van der Waals surface area contributed by atoms with E-state index in [1.165, 1.54) is 0 Å². The predicted molar refractivity (Wildman–Crippen MR) is 43.0 cm³/mol. The van der Waals surface area contributed by atoms with Crippen LogP contribution in [-0.2, 0) is 0 Å². The Kier molecular flexibility index (Phi) is 2.30. The van der Waals surface area contributed by atoms with Crippen molar-refractivity contribution in [2.45, 2.75) is 4.90 Å². The van der Waals surface area contributed by atoms with Crippen LogP contribution >= 0.6 is 11.8 Å².